The molecule has 1 aliphatic rings. The molecule has 0 spiro atoms. The SMILES string of the molecule is CCSC1CCC(NS(=O)(=O)c2c(C)cc(N)cc2C)C1. The largest absolute Gasteiger partial charge is 0.399 e. The predicted molar refractivity (Wildman–Crippen MR) is 90.2 cm³/mol. The highest BCUT2D eigenvalue weighted by Crippen LogP contribution is 2.31. The summed E-state index contributed by atoms with van der Waals surface area (Å²) in [5.41, 5.74) is 7.78. The number of hydrogen-bond donors (Lipinski definition) is 2. The highest BCUT2D eigenvalue weighted by Gasteiger charge is 2.30. The number of benzene rings is 1. The number of nitrogens with two attached hydrogens (primary N) is 1. The molecule has 0 amide bonds. The number of aryl methyl sites for hydroxylation is 2. The number of anilines is 1. The Morgan fingerprint density at radius 1 is 1.29 bits per heavy atom. The van der Waals surface area contributed by atoms with E-state index in [9.17, 15) is 8.42 Å². The monoisotopic (exact) mass is 328 g/mol. The highest BCUT2D eigenvalue weighted by molar-refractivity contribution is 7.99. The Hall–Kier alpha value is -0.720. The van der Waals surface area contributed by atoms with Crippen molar-refractivity contribution in [2.75, 3.05) is 11.5 Å². The molecule has 1 aromatic rings. The van der Waals surface area contributed by atoms with E-state index >= 15 is 0 Å². The highest BCUT2D eigenvalue weighted by atomic mass is 32.2. The van der Waals surface area contributed by atoms with E-state index < -0.39 is 10.0 Å². The molecule has 0 aliphatic heterocycles. The van der Waals surface area contributed by atoms with E-state index in [1.165, 1.54) is 0 Å². The summed E-state index contributed by atoms with van der Waals surface area (Å²) in [5, 5.41) is 0.580. The number of thioether (sulfide) groups is 1. The molecule has 0 bridgehead atoms. The van der Waals surface area contributed by atoms with E-state index in [4.69, 9.17) is 5.73 Å². The van der Waals surface area contributed by atoms with Gasteiger partial charge in [0.1, 0.15) is 0 Å². The van der Waals surface area contributed by atoms with Crippen LogP contribution in [0.4, 0.5) is 5.69 Å². The van der Waals surface area contributed by atoms with Crippen molar-refractivity contribution in [3.8, 4) is 0 Å². The fourth-order valence-corrected chi connectivity index (χ4v) is 6.00. The maximum Gasteiger partial charge on any atom is 0.241 e. The van der Waals surface area contributed by atoms with Crippen LogP contribution < -0.4 is 10.5 Å². The summed E-state index contributed by atoms with van der Waals surface area (Å²) >= 11 is 1.92. The average molecular weight is 329 g/mol. The minimum atomic E-state index is -3.47. The molecule has 1 saturated carbocycles. The molecule has 118 valence electrons. The van der Waals surface area contributed by atoms with Gasteiger partial charge in [-0.05, 0) is 62.1 Å². The van der Waals surface area contributed by atoms with Crippen molar-refractivity contribution in [3.63, 3.8) is 0 Å². The molecular weight excluding hydrogens is 304 g/mol. The number of nitrogen functional groups attached to an aromatic ring is 1. The molecule has 2 unspecified atom stereocenters. The van der Waals surface area contributed by atoms with Crippen molar-refractivity contribution >= 4 is 27.5 Å². The van der Waals surface area contributed by atoms with Gasteiger partial charge in [0, 0.05) is 17.0 Å². The summed E-state index contributed by atoms with van der Waals surface area (Å²) < 4.78 is 28.2. The lowest BCUT2D eigenvalue weighted by Gasteiger charge is -2.17. The molecule has 0 radical (unpaired) electrons. The van der Waals surface area contributed by atoms with Gasteiger partial charge in [-0.15, -0.1) is 0 Å². The molecule has 1 aliphatic carbocycles. The standard InChI is InChI=1S/C15H24N2O2S2/c1-4-20-14-6-5-13(9-14)17-21(18,19)15-10(2)7-12(16)8-11(15)3/h7-8,13-14,17H,4-6,9,16H2,1-3H3. The Bertz CT molecular complexity index is 591. The maximum atomic E-state index is 12.6. The average Bonchev–Trinajstić information content (AvgIpc) is 2.74. The number of nitrogens with one attached hydrogen (secondary N) is 1. The Labute approximate surface area is 131 Å². The van der Waals surface area contributed by atoms with Crippen LogP contribution in [0.15, 0.2) is 17.0 Å². The summed E-state index contributed by atoms with van der Waals surface area (Å²) in [6.07, 6.45) is 2.93. The van der Waals surface area contributed by atoms with Gasteiger partial charge in [-0.1, -0.05) is 6.92 Å². The lowest BCUT2D eigenvalue weighted by atomic mass is 10.1. The molecule has 0 aromatic heterocycles. The number of hydrogen-bond acceptors (Lipinski definition) is 4. The summed E-state index contributed by atoms with van der Waals surface area (Å²) in [6, 6.07) is 3.48. The van der Waals surface area contributed by atoms with Crippen LogP contribution in [0, 0.1) is 13.8 Å². The second-order valence-electron chi connectivity index (χ2n) is 5.69. The van der Waals surface area contributed by atoms with Gasteiger partial charge in [0.2, 0.25) is 10.0 Å². The van der Waals surface area contributed by atoms with Crippen LogP contribution in [-0.4, -0.2) is 25.5 Å². The van der Waals surface area contributed by atoms with Gasteiger partial charge in [0.05, 0.1) is 4.90 Å². The van der Waals surface area contributed by atoms with Gasteiger partial charge in [0.25, 0.3) is 0 Å². The zero-order valence-corrected chi connectivity index (χ0v) is 14.5. The Balaban J connectivity index is 2.17. The molecule has 4 nitrogen and oxygen atoms in total. The summed E-state index contributed by atoms with van der Waals surface area (Å²) in [5.74, 6) is 1.08. The predicted octanol–water partition coefficient (Wildman–Crippen LogP) is 2.84. The van der Waals surface area contributed by atoms with Crippen molar-refractivity contribution in [2.45, 2.75) is 56.2 Å². The van der Waals surface area contributed by atoms with Crippen molar-refractivity contribution in [2.24, 2.45) is 0 Å². The number of sulfonamides is 1. The molecule has 21 heavy (non-hydrogen) atoms. The summed E-state index contributed by atoms with van der Waals surface area (Å²) in [6.45, 7) is 5.73. The third-order valence-corrected chi connectivity index (χ3v) is 6.92. The minimum Gasteiger partial charge on any atom is -0.399 e. The molecule has 2 rings (SSSR count). The van der Waals surface area contributed by atoms with Crippen LogP contribution >= 0.6 is 11.8 Å². The molecule has 1 aromatic carbocycles. The Morgan fingerprint density at radius 3 is 2.48 bits per heavy atom. The van der Waals surface area contributed by atoms with E-state index in [0.717, 1.165) is 25.0 Å². The van der Waals surface area contributed by atoms with Crippen molar-refractivity contribution < 1.29 is 8.42 Å². The van der Waals surface area contributed by atoms with E-state index in [0.29, 0.717) is 27.0 Å². The first-order valence-corrected chi connectivity index (χ1v) is 9.87. The first-order valence-electron chi connectivity index (χ1n) is 7.34. The fraction of sp³-hybridized carbons (Fsp3) is 0.600. The zero-order chi connectivity index (χ0) is 15.6. The van der Waals surface area contributed by atoms with Gasteiger partial charge in [-0.3, -0.25) is 0 Å². The lowest BCUT2D eigenvalue weighted by molar-refractivity contribution is 0.551. The van der Waals surface area contributed by atoms with Crippen molar-refractivity contribution in [1.29, 1.82) is 0 Å². The summed E-state index contributed by atoms with van der Waals surface area (Å²) in [4.78, 5) is 0.378. The van der Waals surface area contributed by atoms with E-state index in [2.05, 4.69) is 11.6 Å². The van der Waals surface area contributed by atoms with Crippen molar-refractivity contribution in [1.82, 2.24) is 4.72 Å². The summed E-state index contributed by atoms with van der Waals surface area (Å²) in [7, 11) is -3.47. The Kier molecular flexibility index (Phi) is 5.22. The first-order chi connectivity index (χ1) is 9.83. The quantitative estimate of drug-likeness (QED) is 0.815. The normalized spacial score (nSPS) is 22.6. The number of rotatable bonds is 5. The first kappa shape index (κ1) is 16.6. The Morgan fingerprint density at radius 2 is 1.90 bits per heavy atom. The van der Waals surface area contributed by atoms with Crippen LogP contribution in [0.25, 0.3) is 0 Å². The van der Waals surface area contributed by atoms with Gasteiger partial charge in [-0.25, -0.2) is 13.1 Å². The van der Waals surface area contributed by atoms with Gasteiger partial charge >= 0.3 is 0 Å². The maximum absolute atomic E-state index is 12.6. The van der Waals surface area contributed by atoms with Gasteiger partial charge in [0.15, 0.2) is 0 Å². The van der Waals surface area contributed by atoms with E-state index in [1.54, 1.807) is 26.0 Å². The topological polar surface area (TPSA) is 72.2 Å². The second-order valence-corrected chi connectivity index (χ2v) is 8.92. The minimum absolute atomic E-state index is 0.0513. The lowest BCUT2D eigenvalue weighted by Crippen LogP contribution is -2.34. The van der Waals surface area contributed by atoms with Gasteiger partial charge < -0.3 is 5.73 Å². The molecule has 1 fully saturated rings. The fourth-order valence-electron chi connectivity index (χ4n) is 3.12. The smallest absolute Gasteiger partial charge is 0.241 e. The van der Waals surface area contributed by atoms with Crippen LogP contribution in [-0.2, 0) is 10.0 Å². The van der Waals surface area contributed by atoms with Crippen LogP contribution in [0.2, 0.25) is 0 Å². The third-order valence-electron chi connectivity index (χ3n) is 3.86. The van der Waals surface area contributed by atoms with Crippen molar-refractivity contribution in [3.05, 3.63) is 23.3 Å². The van der Waals surface area contributed by atoms with Gasteiger partial charge in [-0.2, -0.15) is 11.8 Å². The van der Waals surface area contributed by atoms with Crippen LogP contribution in [0.3, 0.4) is 0 Å². The zero-order valence-electron chi connectivity index (χ0n) is 12.8. The molecule has 6 heteroatoms. The molecule has 0 saturated heterocycles. The molecular formula is C15H24N2O2S2. The van der Waals surface area contributed by atoms with E-state index in [-0.39, 0.29) is 6.04 Å². The van der Waals surface area contributed by atoms with E-state index in [1.807, 2.05) is 11.8 Å². The van der Waals surface area contributed by atoms with Crippen LogP contribution in [0.5, 0.6) is 0 Å². The third kappa shape index (κ3) is 3.93. The molecule has 2 atom stereocenters. The van der Waals surface area contributed by atoms with Crippen LogP contribution in [0.1, 0.15) is 37.3 Å². The second kappa shape index (κ2) is 6.58. The molecule has 0 heterocycles. The molecule has 3 N–H and O–H groups in total.